The fourth-order valence-corrected chi connectivity index (χ4v) is 4.86. The molecule has 0 atom stereocenters. The summed E-state index contributed by atoms with van der Waals surface area (Å²) in [6, 6.07) is 15.1. The van der Waals surface area contributed by atoms with Crippen LogP contribution in [0.2, 0.25) is 5.02 Å². The highest BCUT2D eigenvalue weighted by Crippen LogP contribution is 2.36. The predicted octanol–water partition coefficient (Wildman–Crippen LogP) is 5.25. The highest BCUT2D eigenvalue weighted by atomic mass is 35.5. The number of anilines is 3. The third-order valence-corrected chi connectivity index (χ3v) is 7.18. The van der Waals surface area contributed by atoms with Crippen molar-refractivity contribution in [1.29, 1.82) is 0 Å². The lowest BCUT2D eigenvalue weighted by Crippen LogP contribution is -2.36. The van der Waals surface area contributed by atoms with Crippen LogP contribution in [0.15, 0.2) is 71.6 Å². The van der Waals surface area contributed by atoms with Gasteiger partial charge in [-0.3, -0.25) is 9.52 Å². The van der Waals surface area contributed by atoms with Gasteiger partial charge in [0.15, 0.2) is 0 Å². The number of amides is 1. The van der Waals surface area contributed by atoms with Gasteiger partial charge in [-0.1, -0.05) is 11.6 Å². The molecule has 1 amide bonds. The standard InChI is InChI=1S/C24H21ClF3N3O4S/c25-22-10-5-18(15-21(22)24(26,27)28)30-36(33,34)20-8-3-17(4-9-20)29-23(32)16-1-6-19(7-2-16)31-11-13-35-14-12-31/h1-10,15,30H,11-14H2,(H,29,32). The Morgan fingerprint density at radius 2 is 1.53 bits per heavy atom. The summed E-state index contributed by atoms with van der Waals surface area (Å²) in [5.41, 5.74) is 0.320. The molecule has 0 radical (unpaired) electrons. The molecule has 190 valence electrons. The molecule has 12 heteroatoms. The molecule has 1 aliphatic rings. The van der Waals surface area contributed by atoms with Crippen LogP contribution < -0.4 is 14.9 Å². The Hall–Kier alpha value is -3.28. The number of rotatable bonds is 6. The molecular weight excluding hydrogens is 519 g/mol. The second kappa shape index (κ2) is 10.4. The van der Waals surface area contributed by atoms with Gasteiger partial charge < -0.3 is 15.0 Å². The molecule has 0 bridgehead atoms. The van der Waals surface area contributed by atoms with Gasteiger partial charge in [-0.25, -0.2) is 8.42 Å². The monoisotopic (exact) mass is 539 g/mol. The maximum atomic E-state index is 13.1. The molecule has 1 heterocycles. The number of morpholine rings is 1. The highest BCUT2D eigenvalue weighted by molar-refractivity contribution is 7.92. The maximum absolute atomic E-state index is 13.1. The van der Waals surface area contributed by atoms with Gasteiger partial charge in [0.25, 0.3) is 15.9 Å². The smallest absolute Gasteiger partial charge is 0.378 e. The number of ether oxygens (including phenoxy) is 1. The third-order valence-electron chi connectivity index (χ3n) is 5.45. The van der Waals surface area contributed by atoms with Crippen LogP contribution in [0.4, 0.5) is 30.2 Å². The second-order valence-corrected chi connectivity index (χ2v) is 10.0. The summed E-state index contributed by atoms with van der Waals surface area (Å²) in [6.45, 7) is 2.85. The lowest BCUT2D eigenvalue weighted by atomic mass is 10.1. The van der Waals surface area contributed by atoms with Gasteiger partial charge in [-0.05, 0) is 66.7 Å². The fourth-order valence-electron chi connectivity index (χ4n) is 3.59. The van der Waals surface area contributed by atoms with Crippen LogP contribution in [0.1, 0.15) is 15.9 Å². The lowest BCUT2D eigenvalue weighted by Gasteiger charge is -2.28. The van der Waals surface area contributed by atoms with Crippen molar-refractivity contribution in [2.75, 3.05) is 41.2 Å². The van der Waals surface area contributed by atoms with Crippen LogP contribution in [0.3, 0.4) is 0 Å². The largest absolute Gasteiger partial charge is 0.417 e. The van der Waals surface area contributed by atoms with Gasteiger partial charge in [-0.2, -0.15) is 13.2 Å². The average Bonchev–Trinajstić information content (AvgIpc) is 2.85. The minimum Gasteiger partial charge on any atom is -0.378 e. The molecular formula is C24H21ClF3N3O4S. The van der Waals surface area contributed by atoms with E-state index in [4.69, 9.17) is 16.3 Å². The summed E-state index contributed by atoms with van der Waals surface area (Å²) in [6.07, 6.45) is -4.73. The van der Waals surface area contributed by atoms with E-state index in [-0.39, 0.29) is 16.5 Å². The number of hydrogen-bond donors (Lipinski definition) is 2. The molecule has 0 spiro atoms. The number of benzene rings is 3. The molecule has 3 aromatic rings. The zero-order valence-electron chi connectivity index (χ0n) is 18.7. The minimum atomic E-state index is -4.73. The summed E-state index contributed by atoms with van der Waals surface area (Å²) in [4.78, 5) is 14.6. The van der Waals surface area contributed by atoms with E-state index >= 15 is 0 Å². The van der Waals surface area contributed by atoms with Crippen LogP contribution in [0.25, 0.3) is 0 Å². The van der Waals surface area contributed by atoms with E-state index in [0.29, 0.717) is 30.5 Å². The zero-order chi connectivity index (χ0) is 25.9. The number of nitrogens with zero attached hydrogens (tertiary/aromatic N) is 1. The molecule has 3 aromatic carbocycles. The van der Waals surface area contributed by atoms with Crippen LogP contribution >= 0.6 is 11.6 Å². The Bertz CT molecular complexity index is 1340. The topological polar surface area (TPSA) is 87.7 Å². The average molecular weight is 540 g/mol. The molecule has 36 heavy (non-hydrogen) atoms. The van der Waals surface area contributed by atoms with Crippen molar-refractivity contribution in [3.05, 3.63) is 82.9 Å². The predicted molar refractivity (Wildman–Crippen MR) is 131 cm³/mol. The van der Waals surface area contributed by atoms with Crippen molar-refractivity contribution in [3.63, 3.8) is 0 Å². The highest BCUT2D eigenvalue weighted by Gasteiger charge is 2.33. The quantitative estimate of drug-likeness (QED) is 0.447. The molecule has 0 aromatic heterocycles. The minimum absolute atomic E-state index is 0.195. The Morgan fingerprint density at radius 1 is 0.917 bits per heavy atom. The Balaban J connectivity index is 1.42. The normalized spacial score (nSPS) is 14.4. The van der Waals surface area contributed by atoms with Crippen molar-refractivity contribution in [1.82, 2.24) is 0 Å². The van der Waals surface area contributed by atoms with Crippen LogP contribution in [0.5, 0.6) is 0 Å². The first kappa shape index (κ1) is 25.8. The Morgan fingerprint density at radius 3 is 2.14 bits per heavy atom. The van der Waals surface area contributed by atoms with E-state index in [1.54, 1.807) is 12.1 Å². The van der Waals surface area contributed by atoms with E-state index in [2.05, 4.69) is 14.9 Å². The first-order valence-corrected chi connectivity index (χ1v) is 12.6. The van der Waals surface area contributed by atoms with E-state index < -0.39 is 26.8 Å². The summed E-state index contributed by atoms with van der Waals surface area (Å²) >= 11 is 5.58. The number of carbonyl (C=O) groups excluding carboxylic acids is 1. The SMILES string of the molecule is O=C(Nc1ccc(S(=O)(=O)Nc2ccc(Cl)c(C(F)(F)F)c2)cc1)c1ccc(N2CCOCC2)cc1. The first-order chi connectivity index (χ1) is 17.0. The zero-order valence-corrected chi connectivity index (χ0v) is 20.3. The van der Waals surface area contributed by atoms with E-state index in [1.807, 2.05) is 12.1 Å². The Labute approximate surface area is 210 Å². The molecule has 0 saturated carbocycles. The van der Waals surface area contributed by atoms with Crippen molar-refractivity contribution in [2.45, 2.75) is 11.1 Å². The number of hydrogen-bond acceptors (Lipinski definition) is 5. The van der Waals surface area contributed by atoms with Gasteiger partial charge in [-0.15, -0.1) is 0 Å². The first-order valence-electron chi connectivity index (χ1n) is 10.8. The summed E-state index contributed by atoms with van der Waals surface area (Å²) in [7, 11) is -4.19. The fraction of sp³-hybridized carbons (Fsp3) is 0.208. The molecule has 1 fully saturated rings. The third kappa shape index (κ3) is 6.10. The lowest BCUT2D eigenvalue weighted by molar-refractivity contribution is -0.137. The molecule has 0 unspecified atom stereocenters. The van der Waals surface area contributed by atoms with E-state index in [1.165, 1.54) is 24.3 Å². The van der Waals surface area contributed by atoms with Gasteiger partial charge in [0.1, 0.15) is 0 Å². The molecule has 4 rings (SSSR count). The second-order valence-electron chi connectivity index (χ2n) is 7.92. The van der Waals surface area contributed by atoms with Crippen LogP contribution in [-0.4, -0.2) is 40.6 Å². The summed E-state index contributed by atoms with van der Waals surface area (Å²) in [5, 5.41) is 2.15. The molecule has 7 nitrogen and oxygen atoms in total. The van der Waals surface area contributed by atoms with Crippen molar-refractivity contribution < 1.29 is 31.1 Å². The Kier molecular flexibility index (Phi) is 7.43. The molecule has 1 saturated heterocycles. The van der Waals surface area contributed by atoms with Gasteiger partial charge in [0, 0.05) is 35.7 Å². The van der Waals surface area contributed by atoms with Gasteiger partial charge in [0.05, 0.1) is 28.7 Å². The van der Waals surface area contributed by atoms with Crippen molar-refractivity contribution >= 4 is 44.6 Å². The maximum Gasteiger partial charge on any atom is 0.417 e. The summed E-state index contributed by atoms with van der Waals surface area (Å²) < 4.78 is 71.9. The number of carbonyl (C=O) groups is 1. The van der Waals surface area contributed by atoms with Crippen molar-refractivity contribution in [2.24, 2.45) is 0 Å². The van der Waals surface area contributed by atoms with Crippen molar-refractivity contribution in [3.8, 4) is 0 Å². The van der Waals surface area contributed by atoms with Gasteiger partial charge in [0.2, 0.25) is 0 Å². The number of sulfonamides is 1. The molecule has 1 aliphatic heterocycles. The van der Waals surface area contributed by atoms with Crippen LogP contribution in [0, 0.1) is 0 Å². The number of nitrogens with one attached hydrogen (secondary N) is 2. The van der Waals surface area contributed by atoms with E-state index in [9.17, 15) is 26.4 Å². The number of halogens is 4. The van der Waals surface area contributed by atoms with Gasteiger partial charge >= 0.3 is 6.18 Å². The molecule has 2 N–H and O–H groups in total. The van der Waals surface area contributed by atoms with E-state index in [0.717, 1.165) is 30.9 Å². The molecule has 0 aliphatic carbocycles. The number of alkyl halides is 3. The summed E-state index contributed by atoms with van der Waals surface area (Å²) in [5.74, 6) is -0.377. The van der Waals surface area contributed by atoms with Crippen LogP contribution in [-0.2, 0) is 20.9 Å².